The first-order valence-corrected chi connectivity index (χ1v) is 9.23. The number of hydrogen-bond acceptors (Lipinski definition) is 6. The first-order chi connectivity index (χ1) is 12.1. The van der Waals surface area contributed by atoms with E-state index in [1.807, 2.05) is 17.9 Å². The van der Waals surface area contributed by atoms with Crippen molar-refractivity contribution in [1.29, 1.82) is 0 Å². The molecular formula is C18H29N5O2. The van der Waals surface area contributed by atoms with Crippen LogP contribution in [-0.2, 0) is 9.53 Å². The van der Waals surface area contributed by atoms with Crippen LogP contribution in [-0.4, -0.2) is 84.7 Å². The van der Waals surface area contributed by atoms with E-state index in [2.05, 4.69) is 26.8 Å². The molecule has 138 valence electrons. The lowest BCUT2D eigenvalue weighted by Gasteiger charge is -2.38. The van der Waals surface area contributed by atoms with Crippen LogP contribution in [0, 0.1) is 6.92 Å². The number of piperidine rings is 1. The summed E-state index contributed by atoms with van der Waals surface area (Å²) in [5, 5.41) is 0. The van der Waals surface area contributed by atoms with E-state index in [4.69, 9.17) is 4.74 Å². The van der Waals surface area contributed by atoms with Crippen molar-refractivity contribution in [2.75, 3.05) is 57.9 Å². The number of carbonyl (C=O) groups excluding carboxylic acids is 1. The molecule has 2 aliphatic rings. The molecule has 3 heterocycles. The second kappa shape index (κ2) is 8.58. The number of rotatable bonds is 5. The Morgan fingerprint density at radius 1 is 1.24 bits per heavy atom. The zero-order chi connectivity index (χ0) is 17.6. The zero-order valence-corrected chi connectivity index (χ0v) is 15.4. The summed E-state index contributed by atoms with van der Waals surface area (Å²) in [4.78, 5) is 27.2. The van der Waals surface area contributed by atoms with E-state index in [-0.39, 0.29) is 12.5 Å². The molecule has 3 rings (SSSR count). The van der Waals surface area contributed by atoms with Gasteiger partial charge in [0.05, 0.1) is 0 Å². The number of likely N-dealkylation sites (tertiary alicyclic amines) is 1. The van der Waals surface area contributed by atoms with Gasteiger partial charge in [0.1, 0.15) is 18.8 Å². The van der Waals surface area contributed by atoms with Gasteiger partial charge >= 0.3 is 0 Å². The molecule has 0 atom stereocenters. The van der Waals surface area contributed by atoms with Crippen molar-refractivity contribution in [1.82, 2.24) is 19.8 Å². The Labute approximate surface area is 150 Å². The Bertz CT molecular complexity index is 574. The monoisotopic (exact) mass is 347 g/mol. The van der Waals surface area contributed by atoms with Crippen molar-refractivity contribution in [2.45, 2.75) is 32.2 Å². The number of amides is 1. The molecular weight excluding hydrogens is 318 g/mol. The van der Waals surface area contributed by atoms with Crippen LogP contribution in [0.5, 0.6) is 0 Å². The van der Waals surface area contributed by atoms with Crippen LogP contribution in [0.15, 0.2) is 12.4 Å². The number of ether oxygens (including phenoxy) is 1. The Balaban J connectivity index is 1.44. The van der Waals surface area contributed by atoms with Gasteiger partial charge in [-0.3, -0.25) is 4.79 Å². The Kier molecular flexibility index (Phi) is 6.20. The van der Waals surface area contributed by atoms with Crippen LogP contribution >= 0.6 is 0 Å². The number of hydrogen-bond donors (Lipinski definition) is 0. The fourth-order valence-electron chi connectivity index (χ4n) is 3.58. The molecule has 2 aliphatic heterocycles. The predicted molar refractivity (Wildman–Crippen MR) is 96.7 cm³/mol. The summed E-state index contributed by atoms with van der Waals surface area (Å²) in [5.74, 6) is 1.13. The van der Waals surface area contributed by atoms with Gasteiger partial charge in [-0.15, -0.1) is 0 Å². The summed E-state index contributed by atoms with van der Waals surface area (Å²) in [6.07, 6.45) is 4.82. The van der Waals surface area contributed by atoms with E-state index in [0.717, 1.165) is 63.5 Å². The maximum absolute atomic E-state index is 12.0. The van der Waals surface area contributed by atoms with Crippen molar-refractivity contribution in [2.24, 2.45) is 0 Å². The standard InChI is InChI=1S/C18H29N5O2/c1-15-12-17(20-14-19-15)21(2)16-4-7-22(8-5-16)9-10-23-6-3-11-25-13-18(23)24/h12,14,16H,3-11,13H2,1-2H3. The van der Waals surface area contributed by atoms with Crippen LogP contribution < -0.4 is 4.90 Å². The van der Waals surface area contributed by atoms with Crippen LogP contribution in [0.2, 0.25) is 0 Å². The minimum atomic E-state index is 0.131. The third-order valence-corrected chi connectivity index (χ3v) is 5.24. The van der Waals surface area contributed by atoms with Crippen LogP contribution in [0.25, 0.3) is 0 Å². The summed E-state index contributed by atoms with van der Waals surface area (Å²) in [5.41, 5.74) is 1.00. The highest BCUT2D eigenvalue weighted by atomic mass is 16.5. The highest BCUT2D eigenvalue weighted by Gasteiger charge is 2.24. The summed E-state index contributed by atoms with van der Waals surface area (Å²) in [6.45, 7) is 7.66. The molecule has 0 spiro atoms. The van der Waals surface area contributed by atoms with E-state index in [0.29, 0.717) is 12.6 Å². The van der Waals surface area contributed by atoms with Crippen molar-refractivity contribution < 1.29 is 9.53 Å². The van der Waals surface area contributed by atoms with E-state index >= 15 is 0 Å². The SMILES string of the molecule is Cc1cc(N(C)C2CCN(CCN3CCCOCC3=O)CC2)ncn1. The van der Waals surface area contributed by atoms with Gasteiger partial charge in [-0.1, -0.05) is 0 Å². The maximum atomic E-state index is 12.0. The average molecular weight is 347 g/mol. The molecule has 1 amide bonds. The molecule has 25 heavy (non-hydrogen) atoms. The van der Waals surface area contributed by atoms with E-state index in [1.165, 1.54) is 0 Å². The molecule has 1 aromatic heterocycles. The van der Waals surface area contributed by atoms with Crippen LogP contribution in [0.4, 0.5) is 5.82 Å². The molecule has 0 saturated carbocycles. The normalized spacial score (nSPS) is 20.6. The fraction of sp³-hybridized carbons (Fsp3) is 0.722. The lowest BCUT2D eigenvalue weighted by Crippen LogP contribution is -2.46. The first-order valence-electron chi connectivity index (χ1n) is 9.23. The zero-order valence-electron chi connectivity index (χ0n) is 15.4. The summed E-state index contributed by atoms with van der Waals surface area (Å²) < 4.78 is 5.30. The molecule has 0 aliphatic carbocycles. The third-order valence-electron chi connectivity index (χ3n) is 5.24. The van der Waals surface area contributed by atoms with Gasteiger partial charge < -0.3 is 19.4 Å². The quantitative estimate of drug-likeness (QED) is 0.790. The van der Waals surface area contributed by atoms with Gasteiger partial charge in [0.2, 0.25) is 5.91 Å². The molecule has 0 aromatic carbocycles. The highest BCUT2D eigenvalue weighted by molar-refractivity contribution is 5.77. The Morgan fingerprint density at radius 2 is 2.04 bits per heavy atom. The first kappa shape index (κ1) is 18.1. The predicted octanol–water partition coefficient (Wildman–Crippen LogP) is 0.935. The van der Waals surface area contributed by atoms with Gasteiger partial charge in [0, 0.05) is 64.2 Å². The molecule has 1 aromatic rings. The molecule has 0 unspecified atom stereocenters. The highest BCUT2D eigenvalue weighted by Crippen LogP contribution is 2.20. The second-order valence-electron chi connectivity index (χ2n) is 6.99. The van der Waals surface area contributed by atoms with E-state index in [9.17, 15) is 4.79 Å². The molecule has 0 bridgehead atoms. The number of carbonyl (C=O) groups is 1. The van der Waals surface area contributed by atoms with Crippen LogP contribution in [0.3, 0.4) is 0 Å². The minimum Gasteiger partial charge on any atom is -0.372 e. The number of anilines is 1. The average Bonchev–Trinajstić information content (AvgIpc) is 2.84. The lowest BCUT2D eigenvalue weighted by atomic mass is 10.0. The molecule has 7 nitrogen and oxygen atoms in total. The van der Waals surface area contributed by atoms with Crippen LogP contribution in [0.1, 0.15) is 25.0 Å². The number of nitrogens with zero attached hydrogens (tertiary/aromatic N) is 5. The largest absolute Gasteiger partial charge is 0.372 e. The van der Waals surface area contributed by atoms with Gasteiger partial charge in [-0.05, 0) is 26.2 Å². The summed E-state index contributed by atoms with van der Waals surface area (Å²) >= 11 is 0. The summed E-state index contributed by atoms with van der Waals surface area (Å²) in [6, 6.07) is 2.55. The van der Waals surface area contributed by atoms with E-state index < -0.39 is 0 Å². The number of aryl methyl sites for hydroxylation is 1. The summed E-state index contributed by atoms with van der Waals surface area (Å²) in [7, 11) is 2.12. The minimum absolute atomic E-state index is 0.131. The van der Waals surface area contributed by atoms with Gasteiger partial charge in [-0.25, -0.2) is 9.97 Å². The molecule has 0 N–H and O–H groups in total. The van der Waals surface area contributed by atoms with Crippen molar-refractivity contribution in [3.63, 3.8) is 0 Å². The Morgan fingerprint density at radius 3 is 2.80 bits per heavy atom. The van der Waals surface area contributed by atoms with Crippen molar-refractivity contribution in [3.8, 4) is 0 Å². The molecule has 2 saturated heterocycles. The van der Waals surface area contributed by atoms with Gasteiger partial charge in [-0.2, -0.15) is 0 Å². The van der Waals surface area contributed by atoms with Crippen molar-refractivity contribution in [3.05, 3.63) is 18.1 Å². The Hall–Kier alpha value is -1.73. The second-order valence-corrected chi connectivity index (χ2v) is 6.99. The topological polar surface area (TPSA) is 61.8 Å². The third kappa shape index (κ3) is 4.89. The molecule has 0 radical (unpaired) electrons. The van der Waals surface area contributed by atoms with Gasteiger partial charge in [0.25, 0.3) is 0 Å². The van der Waals surface area contributed by atoms with Gasteiger partial charge in [0.15, 0.2) is 0 Å². The lowest BCUT2D eigenvalue weighted by molar-refractivity contribution is -0.134. The molecule has 7 heteroatoms. The van der Waals surface area contributed by atoms with Crippen molar-refractivity contribution >= 4 is 11.7 Å². The molecule has 2 fully saturated rings. The smallest absolute Gasteiger partial charge is 0.248 e. The van der Waals surface area contributed by atoms with E-state index in [1.54, 1.807) is 6.33 Å². The fourth-order valence-corrected chi connectivity index (χ4v) is 3.58. The maximum Gasteiger partial charge on any atom is 0.248 e. The number of aromatic nitrogens is 2.